The number of aromatic nitrogens is 7. The van der Waals surface area contributed by atoms with Crippen LogP contribution in [0.25, 0.3) is 22.6 Å². The van der Waals surface area contributed by atoms with Crippen molar-refractivity contribution in [3.05, 3.63) is 60.7 Å². The van der Waals surface area contributed by atoms with E-state index < -0.39 is 0 Å². The quantitative estimate of drug-likeness (QED) is 0.354. The summed E-state index contributed by atoms with van der Waals surface area (Å²) in [7, 11) is 0. The number of nitrogens with one attached hydrogen (secondary N) is 1. The SMILES string of the molecule is CC(C)(C)N1CCC[C@@H](n2cc(-c3ccc(NC(=O)c4cccc(-c5ccnn5C5CCCCO5)n4)nc3)nn2)C1. The molecule has 1 N–H and O–H groups in total. The Balaban J connectivity index is 1.12. The summed E-state index contributed by atoms with van der Waals surface area (Å²) in [6.07, 6.45) is 10.6. The van der Waals surface area contributed by atoms with Crippen LogP contribution in [0.5, 0.6) is 0 Å². The second-order valence-corrected chi connectivity index (χ2v) is 11.8. The van der Waals surface area contributed by atoms with Gasteiger partial charge in [-0.3, -0.25) is 9.69 Å². The molecule has 41 heavy (non-hydrogen) atoms. The Morgan fingerprint density at radius 3 is 2.73 bits per heavy atom. The predicted octanol–water partition coefficient (Wildman–Crippen LogP) is 4.99. The molecule has 1 amide bonds. The lowest BCUT2D eigenvalue weighted by Gasteiger charge is -2.41. The number of rotatable bonds is 6. The number of nitrogens with zero attached hydrogens (tertiary/aromatic N) is 8. The molecule has 11 heteroatoms. The summed E-state index contributed by atoms with van der Waals surface area (Å²) in [5.41, 5.74) is 3.52. The molecule has 2 aliphatic heterocycles. The standard InChI is InChI=1S/C30H37N9O2/c1-30(2,3)37-16-7-8-22(19-37)38-20-25(35-36-38)21-12-13-27(31-18-21)34-29(40)24-10-6-9-23(33-24)26-14-15-32-39(26)28-11-4-5-17-41-28/h6,9-10,12-15,18,20,22,28H,4-5,7-8,11,16-17,19H2,1-3H3,(H,31,34,40)/t22-,28?/m1/s1. The molecule has 4 aromatic rings. The van der Waals surface area contributed by atoms with Crippen LogP contribution in [0.2, 0.25) is 0 Å². The highest BCUT2D eigenvalue weighted by Crippen LogP contribution is 2.29. The molecular weight excluding hydrogens is 518 g/mol. The Morgan fingerprint density at radius 1 is 1.05 bits per heavy atom. The molecule has 1 unspecified atom stereocenters. The molecule has 11 nitrogen and oxygen atoms in total. The average molecular weight is 556 g/mol. The van der Waals surface area contributed by atoms with Gasteiger partial charge in [0.05, 0.1) is 23.6 Å². The normalized spacial score (nSPS) is 20.2. The van der Waals surface area contributed by atoms with Crippen LogP contribution in [-0.2, 0) is 4.74 Å². The first-order chi connectivity index (χ1) is 19.8. The van der Waals surface area contributed by atoms with Crippen molar-refractivity contribution in [2.45, 2.75) is 70.7 Å². The average Bonchev–Trinajstić information content (AvgIpc) is 3.69. The Morgan fingerprint density at radius 2 is 1.95 bits per heavy atom. The van der Waals surface area contributed by atoms with E-state index in [1.54, 1.807) is 24.5 Å². The fourth-order valence-corrected chi connectivity index (χ4v) is 5.53. The first kappa shape index (κ1) is 27.2. The molecule has 0 aromatic carbocycles. The van der Waals surface area contributed by atoms with Gasteiger partial charge in [-0.05, 0) is 89.8 Å². The number of carbonyl (C=O) groups excluding carboxylic acids is 1. The van der Waals surface area contributed by atoms with E-state index in [1.165, 1.54) is 0 Å². The van der Waals surface area contributed by atoms with Crippen LogP contribution in [-0.4, -0.2) is 70.8 Å². The molecule has 0 spiro atoms. The zero-order valence-electron chi connectivity index (χ0n) is 23.9. The lowest BCUT2D eigenvalue weighted by molar-refractivity contribution is -0.0384. The van der Waals surface area contributed by atoms with Crippen LogP contribution < -0.4 is 5.32 Å². The number of pyridine rings is 2. The van der Waals surface area contributed by atoms with Crippen molar-refractivity contribution in [3.63, 3.8) is 0 Å². The second kappa shape index (κ2) is 11.5. The highest BCUT2D eigenvalue weighted by atomic mass is 16.5. The minimum Gasteiger partial charge on any atom is -0.356 e. The maximum atomic E-state index is 13.1. The number of amides is 1. The van der Waals surface area contributed by atoms with Gasteiger partial charge < -0.3 is 10.1 Å². The molecule has 0 bridgehead atoms. The minimum absolute atomic E-state index is 0.113. The summed E-state index contributed by atoms with van der Waals surface area (Å²) in [6, 6.07) is 11.2. The van der Waals surface area contributed by atoms with Crippen molar-refractivity contribution < 1.29 is 9.53 Å². The van der Waals surface area contributed by atoms with Crippen LogP contribution in [0.15, 0.2) is 55.0 Å². The summed E-state index contributed by atoms with van der Waals surface area (Å²) in [6.45, 7) is 9.55. The molecule has 6 heterocycles. The van der Waals surface area contributed by atoms with Crippen LogP contribution in [0.4, 0.5) is 5.82 Å². The molecule has 214 valence electrons. The molecular formula is C30H37N9O2. The summed E-state index contributed by atoms with van der Waals surface area (Å²) in [4.78, 5) is 24.6. The molecule has 0 saturated carbocycles. The fourth-order valence-electron chi connectivity index (χ4n) is 5.53. The van der Waals surface area contributed by atoms with E-state index in [0.29, 0.717) is 23.2 Å². The molecule has 2 aliphatic rings. The van der Waals surface area contributed by atoms with Gasteiger partial charge in [-0.15, -0.1) is 5.10 Å². The van der Waals surface area contributed by atoms with Crippen LogP contribution in [0.1, 0.15) is 75.6 Å². The van der Waals surface area contributed by atoms with Crippen LogP contribution in [0.3, 0.4) is 0 Å². The van der Waals surface area contributed by atoms with Crippen LogP contribution >= 0.6 is 0 Å². The molecule has 2 atom stereocenters. The lowest BCUT2D eigenvalue weighted by atomic mass is 9.98. The number of hydrogen-bond donors (Lipinski definition) is 1. The largest absolute Gasteiger partial charge is 0.356 e. The van der Waals surface area contributed by atoms with E-state index in [4.69, 9.17) is 4.74 Å². The van der Waals surface area contributed by atoms with Gasteiger partial charge in [-0.1, -0.05) is 11.3 Å². The number of likely N-dealkylation sites (tertiary alicyclic amines) is 1. The minimum atomic E-state index is -0.335. The predicted molar refractivity (Wildman–Crippen MR) is 155 cm³/mol. The summed E-state index contributed by atoms with van der Waals surface area (Å²) < 4.78 is 9.74. The van der Waals surface area contributed by atoms with Gasteiger partial charge in [-0.25, -0.2) is 19.3 Å². The summed E-state index contributed by atoms with van der Waals surface area (Å²) >= 11 is 0. The van der Waals surface area contributed by atoms with Gasteiger partial charge >= 0.3 is 0 Å². The maximum absolute atomic E-state index is 13.1. The third-order valence-corrected chi connectivity index (χ3v) is 7.87. The van der Waals surface area contributed by atoms with Crippen molar-refractivity contribution in [2.24, 2.45) is 0 Å². The zero-order valence-corrected chi connectivity index (χ0v) is 23.9. The number of hydrogen-bond acceptors (Lipinski definition) is 8. The molecule has 2 fully saturated rings. The number of ether oxygens (including phenoxy) is 1. The monoisotopic (exact) mass is 555 g/mol. The molecule has 4 aromatic heterocycles. The van der Waals surface area contributed by atoms with E-state index in [9.17, 15) is 4.79 Å². The van der Waals surface area contributed by atoms with Crippen molar-refractivity contribution in [2.75, 3.05) is 25.0 Å². The Labute approximate surface area is 239 Å². The van der Waals surface area contributed by atoms with Gasteiger partial charge in [0, 0.05) is 36.6 Å². The van der Waals surface area contributed by atoms with Crippen LogP contribution in [0, 0.1) is 0 Å². The van der Waals surface area contributed by atoms with E-state index >= 15 is 0 Å². The van der Waals surface area contributed by atoms with E-state index in [-0.39, 0.29) is 17.7 Å². The number of carbonyl (C=O) groups is 1. The van der Waals surface area contributed by atoms with Gasteiger partial charge in [0.2, 0.25) is 0 Å². The molecule has 2 saturated heterocycles. The first-order valence-corrected chi connectivity index (χ1v) is 14.4. The Hall–Kier alpha value is -3.96. The van der Waals surface area contributed by atoms with E-state index in [2.05, 4.69) is 56.4 Å². The van der Waals surface area contributed by atoms with Gasteiger partial charge in [0.15, 0.2) is 6.23 Å². The van der Waals surface area contributed by atoms with Gasteiger partial charge in [0.25, 0.3) is 5.91 Å². The highest BCUT2D eigenvalue weighted by Gasteiger charge is 2.29. The third kappa shape index (κ3) is 6.06. The molecule has 6 rings (SSSR count). The number of anilines is 1. The van der Waals surface area contributed by atoms with Crippen molar-refractivity contribution in [1.29, 1.82) is 0 Å². The third-order valence-electron chi connectivity index (χ3n) is 7.87. The smallest absolute Gasteiger partial charge is 0.275 e. The van der Waals surface area contributed by atoms with Crippen molar-refractivity contribution in [3.8, 4) is 22.6 Å². The second-order valence-electron chi connectivity index (χ2n) is 11.8. The summed E-state index contributed by atoms with van der Waals surface area (Å²) in [5, 5.41) is 16.1. The lowest BCUT2D eigenvalue weighted by Crippen LogP contribution is -2.47. The Kier molecular flexibility index (Phi) is 7.63. The van der Waals surface area contributed by atoms with Crippen molar-refractivity contribution >= 4 is 11.7 Å². The number of piperidine rings is 1. The highest BCUT2D eigenvalue weighted by molar-refractivity contribution is 6.02. The van der Waals surface area contributed by atoms with Gasteiger partial charge in [0.1, 0.15) is 17.2 Å². The molecule has 0 radical (unpaired) electrons. The summed E-state index contributed by atoms with van der Waals surface area (Å²) in [5.74, 6) is 0.103. The van der Waals surface area contributed by atoms with Crippen molar-refractivity contribution in [1.82, 2.24) is 39.6 Å². The van der Waals surface area contributed by atoms with Gasteiger partial charge in [-0.2, -0.15) is 5.10 Å². The fraction of sp³-hybridized carbons (Fsp3) is 0.467. The topological polar surface area (TPSA) is 116 Å². The Bertz CT molecular complexity index is 1480. The van der Waals surface area contributed by atoms with E-state index in [0.717, 1.165) is 68.8 Å². The van der Waals surface area contributed by atoms with E-state index in [1.807, 2.05) is 39.8 Å². The molecule has 0 aliphatic carbocycles. The zero-order chi connectivity index (χ0) is 28.4. The first-order valence-electron chi connectivity index (χ1n) is 14.4. The maximum Gasteiger partial charge on any atom is 0.275 e.